The summed E-state index contributed by atoms with van der Waals surface area (Å²) in [6, 6.07) is 0.773. The van der Waals surface area contributed by atoms with Crippen LogP contribution in [-0.2, 0) is 13.6 Å². The zero-order valence-electron chi connectivity index (χ0n) is 16.7. The zero-order valence-corrected chi connectivity index (χ0v) is 16.7. The molecule has 3 aliphatic rings. The molecule has 6 heteroatoms. The molecule has 26 heavy (non-hydrogen) atoms. The summed E-state index contributed by atoms with van der Waals surface area (Å²) in [6.45, 7) is 8.33. The van der Waals surface area contributed by atoms with Crippen molar-refractivity contribution < 1.29 is 0 Å². The van der Waals surface area contributed by atoms with Gasteiger partial charge in [-0.2, -0.15) is 0 Å². The Kier molecular flexibility index (Phi) is 5.91. The normalized spacial score (nSPS) is 27.8. The van der Waals surface area contributed by atoms with Gasteiger partial charge < -0.3 is 9.47 Å². The Morgan fingerprint density at radius 3 is 2.38 bits per heavy atom. The highest BCUT2D eigenvalue weighted by Crippen LogP contribution is 2.29. The van der Waals surface area contributed by atoms with Crippen molar-refractivity contribution in [2.45, 2.75) is 63.5 Å². The second kappa shape index (κ2) is 8.36. The van der Waals surface area contributed by atoms with Crippen LogP contribution in [0.15, 0.2) is 0 Å². The molecule has 0 N–H and O–H groups in total. The second-order valence-corrected chi connectivity index (χ2v) is 8.74. The number of nitrogens with zero attached hydrogens (tertiary/aromatic N) is 6. The topological polar surface area (TPSA) is 40.4 Å². The summed E-state index contributed by atoms with van der Waals surface area (Å²) in [7, 11) is 4.43. The number of aromatic nitrogens is 3. The molecule has 0 bridgehead atoms. The van der Waals surface area contributed by atoms with E-state index >= 15 is 0 Å². The van der Waals surface area contributed by atoms with E-state index in [0.717, 1.165) is 18.4 Å². The number of rotatable bonds is 4. The van der Waals surface area contributed by atoms with Crippen LogP contribution >= 0.6 is 0 Å². The molecular weight excluding hydrogens is 324 g/mol. The van der Waals surface area contributed by atoms with Gasteiger partial charge in [-0.15, -0.1) is 10.2 Å². The monoisotopic (exact) mass is 360 g/mol. The van der Waals surface area contributed by atoms with Crippen molar-refractivity contribution >= 4 is 0 Å². The molecule has 0 aromatic carbocycles. The Morgan fingerprint density at radius 1 is 0.846 bits per heavy atom. The largest absolute Gasteiger partial charge is 0.317 e. The van der Waals surface area contributed by atoms with Gasteiger partial charge in [-0.3, -0.25) is 9.80 Å². The minimum absolute atomic E-state index is 0.552. The molecule has 3 saturated heterocycles. The van der Waals surface area contributed by atoms with Gasteiger partial charge in [-0.05, 0) is 78.3 Å². The van der Waals surface area contributed by atoms with E-state index in [9.17, 15) is 0 Å². The molecule has 0 radical (unpaired) electrons. The number of hydrogen-bond acceptors (Lipinski definition) is 5. The van der Waals surface area contributed by atoms with Gasteiger partial charge in [0.1, 0.15) is 11.6 Å². The van der Waals surface area contributed by atoms with E-state index in [1.54, 1.807) is 0 Å². The summed E-state index contributed by atoms with van der Waals surface area (Å²) < 4.78 is 2.30. The third-order valence-electron chi connectivity index (χ3n) is 6.83. The summed E-state index contributed by atoms with van der Waals surface area (Å²) in [5, 5.41) is 9.23. The third kappa shape index (κ3) is 4.12. The first-order valence-corrected chi connectivity index (χ1v) is 10.7. The molecule has 4 rings (SSSR count). The minimum atomic E-state index is 0.552. The van der Waals surface area contributed by atoms with Crippen LogP contribution in [0.2, 0.25) is 0 Å². The standard InChI is InChI=1S/C20H36N6/c1-23-13-8-18(9-14-23)26-12-6-7-17(15-26)20-22-21-19(24(20)2)16-25-10-4-3-5-11-25/h17-18H,3-16H2,1-2H3/t17-/m0/s1. The van der Waals surface area contributed by atoms with Crippen molar-refractivity contribution in [1.82, 2.24) is 29.5 Å². The fourth-order valence-corrected chi connectivity index (χ4v) is 5.09. The van der Waals surface area contributed by atoms with Crippen molar-refractivity contribution in [3.63, 3.8) is 0 Å². The van der Waals surface area contributed by atoms with Crippen LogP contribution in [-0.4, -0.2) is 81.8 Å². The van der Waals surface area contributed by atoms with E-state index in [2.05, 4.69) is 43.6 Å². The number of piperidine rings is 3. The maximum atomic E-state index is 4.65. The van der Waals surface area contributed by atoms with E-state index in [1.807, 2.05) is 0 Å². The lowest BCUT2D eigenvalue weighted by Crippen LogP contribution is -2.47. The highest BCUT2D eigenvalue weighted by Gasteiger charge is 2.31. The van der Waals surface area contributed by atoms with Crippen LogP contribution in [0.4, 0.5) is 0 Å². The lowest BCUT2D eigenvalue weighted by molar-refractivity contribution is 0.0920. The molecule has 1 aromatic heterocycles. The summed E-state index contributed by atoms with van der Waals surface area (Å²) in [4.78, 5) is 7.76. The van der Waals surface area contributed by atoms with Crippen molar-refractivity contribution in [1.29, 1.82) is 0 Å². The molecule has 6 nitrogen and oxygen atoms in total. The molecule has 1 aromatic rings. The average Bonchev–Trinajstić information content (AvgIpc) is 3.04. The lowest BCUT2D eigenvalue weighted by atomic mass is 9.93. The third-order valence-corrected chi connectivity index (χ3v) is 6.83. The molecule has 0 spiro atoms. The van der Waals surface area contributed by atoms with E-state index in [-0.39, 0.29) is 0 Å². The lowest BCUT2D eigenvalue weighted by Gasteiger charge is -2.41. The number of likely N-dealkylation sites (tertiary alicyclic amines) is 3. The van der Waals surface area contributed by atoms with Crippen LogP contribution in [0.3, 0.4) is 0 Å². The van der Waals surface area contributed by atoms with Gasteiger partial charge in [-0.25, -0.2) is 0 Å². The predicted octanol–water partition coefficient (Wildman–Crippen LogP) is 2.07. The molecule has 0 saturated carbocycles. The van der Waals surface area contributed by atoms with Crippen LogP contribution in [0, 0.1) is 0 Å². The van der Waals surface area contributed by atoms with E-state index < -0.39 is 0 Å². The summed E-state index contributed by atoms with van der Waals surface area (Å²) >= 11 is 0. The SMILES string of the molecule is CN1CCC(N2CCC[C@H](c3nnc(CN4CCCCC4)n3C)C2)CC1. The first-order chi connectivity index (χ1) is 12.7. The van der Waals surface area contributed by atoms with E-state index in [4.69, 9.17) is 0 Å². The van der Waals surface area contributed by atoms with Crippen molar-refractivity contribution in [3.8, 4) is 0 Å². The first kappa shape index (κ1) is 18.4. The summed E-state index contributed by atoms with van der Waals surface area (Å²) in [6.07, 6.45) is 9.25. The molecule has 1 atom stereocenters. The maximum Gasteiger partial charge on any atom is 0.146 e. The Balaban J connectivity index is 1.39. The van der Waals surface area contributed by atoms with Crippen LogP contribution in [0.25, 0.3) is 0 Å². The smallest absolute Gasteiger partial charge is 0.146 e. The van der Waals surface area contributed by atoms with Gasteiger partial charge in [0, 0.05) is 25.6 Å². The fourth-order valence-electron chi connectivity index (χ4n) is 5.09. The highest BCUT2D eigenvalue weighted by molar-refractivity contribution is 5.04. The molecule has 146 valence electrons. The van der Waals surface area contributed by atoms with Crippen LogP contribution in [0.5, 0.6) is 0 Å². The Hall–Kier alpha value is -0.980. The van der Waals surface area contributed by atoms with Gasteiger partial charge in [0.2, 0.25) is 0 Å². The summed E-state index contributed by atoms with van der Waals surface area (Å²) in [5.41, 5.74) is 0. The molecular formula is C20H36N6. The van der Waals surface area contributed by atoms with Gasteiger partial charge in [0.25, 0.3) is 0 Å². The van der Waals surface area contributed by atoms with Crippen LogP contribution < -0.4 is 0 Å². The van der Waals surface area contributed by atoms with Crippen molar-refractivity contribution in [2.24, 2.45) is 7.05 Å². The summed E-state index contributed by atoms with van der Waals surface area (Å²) in [5.74, 6) is 2.92. The van der Waals surface area contributed by atoms with E-state index in [1.165, 1.54) is 90.0 Å². The average molecular weight is 361 g/mol. The van der Waals surface area contributed by atoms with Crippen LogP contribution in [0.1, 0.15) is 62.5 Å². The van der Waals surface area contributed by atoms with E-state index in [0.29, 0.717) is 5.92 Å². The molecule has 4 heterocycles. The minimum Gasteiger partial charge on any atom is -0.317 e. The molecule has 0 unspecified atom stereocenters. The quantitative estimate of drug-likeness (QED) is 0.822. The van der Waals surface area contributed by atoms with Crippen molar-refractivity contribution in [2.75, 3.05) is 46.3 Å². The van der Waals surface area contributed by atoms with Crippen molar-refractivity contribution in [3.05, 3.63) is 11.6 Å². The van der Waals surface area contributed by atoms with Gasteiger partial charge in [0.05, 0.1) is 6.54 Å². The Bertz CT molecular complexity index is 571. The fraction of sp³-hybridized carbons (Fsp3) is 0.900. The molecule has 3 aliphatic heterocycles. The van der Waals surface area contributed by atoms with Gasteiger partial charge >= 0.3 is 0 Å². The highest BCUT2D eigenvalue weighted by atomic mass is 15.3. The number of hydrogen-bond donors (Lipinski definition) is 0. The maximum absolute atomic E-state index is 4.65. The first-order valence-electron chi connectivity index (χ1n) is 10.7. The molecule has 0 amide bonds. The molecule has 3 fully saturated rings. The Morgan fingerprint density at radius 2 is 1.62 bits per heavy atom. The molecule has 0 aliphatic carbocycles. The second-order valence-electron chi connectivity index (χ2n) is 8.74. The zero-order chi connectivity index (χ0) is 17.9. The predicted molar refractivity (Wildman–Crippen MR) is 104 cm³/mol. The van der Waals surface area contributed by atoms with Gasteiger partial charge in [0.15, 0.2) is 0 Å². The Labute approximate surface area is 158 Å². The van der Waals surface area contributed by atoms with Gasteiger partial charge in [-0.1, -0.05) is 6.42 Å².